The molecule has 0 aliphatic carbocycles. The van der Waals surface area contributed by atoms with Gasteiger partial charge in [-0.2, -0.15) is 0 Å². The summed E-state index contributed by atoms with van der Waals surface area (Å²) in [5.74, 6) is 0. The van der Waals surface area contributed by atoms with Gasteiger partial charge in [0.25, 0.3) is 0 Å². The monoisotopic (exact) mass is 1250 g/mol. The van der Waals surface area contributed by atoms with Crippen molar-refractivity contribution in [1.82, 2.24) is 40.9 Å². The second kappa shape index (κ2) is 91.1. The molecule has 2 aromatic carbocycles. The maximum atomic E-state index is 5.56. The molecule has 0 bridgehead atoms. The third kappa shape index (κ3) is 103. The molecule has 0 spiro atoms. The Hall–Kier alpha value is -2.28. The van der Waals surface area contributed by atoms with Crippen LogP contribution in [0.2, 0.25) is 0 Å². The first-order chi connectivity index (χ1) is 42.2. The van der Waals surface area contributed by atoms with Crippen LogP contribution >= 0.6 is 0 Å². The zero-order valence-corrected chi connectivity index (χ0v) is 65.3. The number of nitrogens with one attached hydrogen (secondary N) is 5. The maximum Gasteiger partial charge on any atom is 0.0340 e. The number of rotatable bonds is 41. The quantitative estimate of drug-likeness (QED) is 0.0285. The molecule has 0 aromatic heterocycles. The zero-order chi connectivity index (χ0) is 68.7. The number of nitrogens with zero attached hydrogens (tertiary/aromatic N) is 4. The molecule has 532 valence electrons. The molecule has 2 rings (SSSR count). The first-order valence-corrected chi connectivity index (χ1v) is 37.7. The van der Waals surface area contributed by atoms with Crippen LogP contribution in [-0.2, 0) is 6.42 Å². The smallest absolute Gasteiger partial charge is 0.0340 e. The Bertz CT molecular complexity index is 1260. The molecule has 0 atom stereocenters. The van der Waals surface area contributed by atoms with Crippen molar-refractivity contribution in [2.75, 3.05) is 122 Å². The van der Waals surface area contributed by atoms with E-state index in [1.807, 2.05) is 30.3 Å². The Labute approximate surface area is 558 Å². The first kappa shape index (κ1) is 102. The SMILES string of the molecule is CC(C)NC(C)C.CC(C)NC(C)C.CCCCN(CCCC)CCCC.CCCCN(CCCC)CCCC.CCCCc1ccc(N)cc1.CCCNCCC.CCCNCCC.CCN(CC)CC.CCN(CC)CC.CCNc1ccccc1. The Kier molecular flexibility index (Phi) is 105. The highest BCUT2D eigenvalue weighted by Crippen LogP contribution is 2.09. The average molecular weight is 1250 g/mol. The van der Waals surface area contributed by atoms with Gasteiger partial charge in [0, 0.05) is 42.1 Å². The van der Waals surface area contributed by atoms with Crippen LogP contribution < -0.4 is 32.3 Å². The molecule has 0 aliphatic rings. The predicted octanol–water partition coefficient (Wildman–Crippen LogP) is 20.4. The van der Waals surface area contributed by atoms with E-state index < -0.39 is 0 Å². The third-order valence-corrected chi connectivity index (χ3v) is 13.6. The molecule has 10 heteroatoms. The summed E-state index contributed by atoms with van der Waals surface area (Å²) in [7, 11) is 0. The van der Waals surface area contributed by atoms with Gasteiger partial charge in [-0.15, -0.1) is 0 Å². The van der Waals surface area contributed by atoms with Crippen LogP contribution in [-0.4, -0.2) is 155 Å². The van der Waals surface area contributed by atoms with Crippen LogP contribution in [0.15, 0.2) is 54.6 Å². The van der Waals surface area contributed by atoms with Gasteiger partial charge in [-0.3, -0.25) is 0 Å². The summed E-state index contributed by atoms with van der Waals surface area (Å²) in [6.07, 6.45) is 24.9. The van der Waals surface area contributed by atoms with Gasteiger partial charge >= 0.3 is 0 Å². The second-order valence-corrected chi connectivity index (χ2v) is 24.2. The number of anilines is 2. The van der Waals surface area contributed by atoms with Gasteiger partial charge in [0.1, 0.15) is 0 Å². The van der Waals surface area contributed by atoms with E-state index >= 15 is 0 Å². The predicted molar refractivity (Wildman–Crippen MR) is 413 cm³/mol. The fourth-order valence-corrected chi connectivity index (χ4v) is 8.42. The highest BCUT2D eigenvalue weighted by atomic mass is 15.1. The Morgan fingerprint density at radius 1 is 0.318 bits per heavy atom. The Morgan fingerprint density at radius 2 is 0.580 bits per heavy atom. The van der Waals surface area contributed by atoms with Crippen molar-refractivity contribution in [2.45, 2.75) is 326 Å². The van der Waals surface area contributed by atoms with Crippen LogP contribution in [0, 0.1) is 0 Å². The van der Waals surface area contributed by atoms with Crippen molar-refractivity contribution < 1.29 is 0 Å². The van der Waals surface area contributed by atoms with Crippen molar-refractivity contribution in [3.63, 3.8) is 0 Å². The van der Waals surface area contributed by atoms with Gasteiger partial charge in [0.2, 0.25) is 0 Å². The van der Waals surface area contributed by atoms with Gasteiger partial charge in [-0.25, -0.2) is 0 Å². The number of hydrogen-bond donors (Lipinski definition) is 6. The van der Waals surface area contributed by atoms with Crippen molar-refractivity contribution in [3.05, 3.63) is 60.2 Å². The van der Waals surface area contributed by atoms with E-state index in [0.717, 1.165) is 12.2 Å². The molecule has 0 aliphatic heterocycles. The minimum absolute atomic E-state index is 0.625. The second-order valence-electron chi connectivity index (χ2n) is 24.2. The first-order valence-electron chi connectivity index (χ1n) is 37.7. The number of nitrogen functional groups attached to an aromatic ring is 1. The van der Waals surface area contributed by atoms with Crippen molar-refractivity contribution in [3.8, 4) is 0 Å². The number of aryl methyl sites for hydroxylation is 1. The Balaban J connectivity index is -0.000000136. The van der Waals surface area contributed by atoms with Crippen LogP contribution in [0.3, 0.4) is 0 Å². The summed E-state index contributed by atoms with van der Waals surface area (Å²) in [5.41, 5.74) is 8.99. The minimum Gasteiger partial charge on any atom is -0.399 e. The highest BCUT2D eigenvalue weighted by Gasteiger charge is 2.03. The zero-order valence-electron chi connectivity index (χ0n) is 65.3. The molecule has 0 saturated heterocycles. The van der Waals surface area contributed by atoms with E-state index in [1.54, 1.807) is 0 Å². The molecule has 88 heavy (non-hydrogen) atoms. The molecule has 0 unspecified atom stereocenters. The summed E-state index contributed by atoms with van der Waals surface area (Å²) in [4.78, 5) is 10.0. The lowest BCUT2D eigenvalue weighted by atomic mass is 10.1. The summed E-state index contributed by atoms with van der Waals surface area (Å²) in [5, 5.41) is 16.4. The van der Waals surface area contributed by atoms with Crippen molar-refractivity contribution in [2.24, 2.45) is 0 Å². The largest absolute Gasteiger partial charge is 0.399 e. The van der Waals surface area contributed by atoms with E-state index in [9.17, 15) is 0 Å². The number of unbranched alkanes of at least 4 members (excludes halogenated alkanes) is 7. The van der Waals surface area contributed by atoms with E-state index in [2.05, 4.69) is 250 Å². The van der Waals surface area contributed by atoms with Gasteiger partial charge in [-0.1, -0.05) is 248 Å². The molecule has 2 aromatic rings. The lowest BCUT2D eigenvalue weighted by Gasteiger charge is -2.21. The minimum atomic E-state index is 0.625. The maximum absolute atomic E-state index is 5.56. The summed E-state index contributed by atoms with van der Waals surface area (Å²) in [6, 6.07) is 20.8. The summed E-state index contributed by atoms with van der Waals surface area (Å²) < 4.78 is 0. The average Bonchev–Trinajstić information content (AvgIpc) is 3.52. The van der Waals surface area contributed by atoms with Crippen molar-refractivity contribution >= 4 is 11.4 Å². The van der Waals surface area contributed by atoms with E-state index in [4.69, 9.17) is 5.73 Å². The summed E-state index contributed by atoms with van der Waals surface area (Å²) in [6.45, 7) is 77.7. The number of benzene rings is 2. The van der Waals surface area contributed by atoms with Crippen LogP contribution in [0.25, 0.3) is 0 Å². The fourth-order valence-electron chi connectivity index (χ4n) is 8.42. The van der Waals surface area contributed by atoms with Gasteiger partial charge < -0.3 is 51.9 Å². The molecular weight excluding hydrogens is 1080 g/mol. The van der Waals surface area contributed by atoms with Crippen LogP contribution in [0.4, 0.5) is 11.4 Å². The van der Waals surface area contributed by atoms with E-state index in [1.165, 1.54) is 238 Å². The van der Waals surface area contributed by atoms with Gasteiger partial charge in [-0.05, 0) is 219 Å². The molecule has 0 saturated carbocycles. The number of para-hydroxylation sites is 1. The van der Waals surface area contributed by atoms with Crippen LogP contribution in [0.1, 0.15) is 301 Å². The van der Waals surface area contributed by atoms with Gasteiger partial charge in [0.15, 0.2) is 0 Å². The molecule has 7 N–H and O–H groups in total. The highest BCUT2D eigenvalue weighted by molar-refractivity contribution is 5.42. The molecule has 10 nitrogen and oxygen atoms in total. The standard InChI is InChI=1S/2C12H27N.C10H15N.C8H11N.6C6H15N/c2*1-4-7-10-13(11-8-5-2)12-9-6-3;1-2-3-4-9-5-7-10(11)8-6-9;1-2-9-8-6-4-3-5-7-8;2*1-5(2)7-6(3)4;2*1-4-7(5-2)6-3;2*1-3-5-7-6-4-2/h2*4-12H2,1-3H3;5-8H,2-4,11H2,1H3;3-7,9H,2H2,1H3;2*5-7H,1-4H3;2*4-6H2,1-3H3;2*7H,3-6H2,1-2H3. The Morgan fingerprint density at radius 3 is 0.761 bits per heavy atom. The summed E-state index contributed by atoms with van der Waals surface area (Å²) >= 11 is 0. The number of hydrogen-bond acceptors (Lipinski definition) is 10. The lowest BCUT2D eigenvalue weighted by Crippen LogP contribution is -2.29. The van der Waals surface area contributed by atoms with Gasteiger partial charge in [0.05, 0.1) is 0 Å². The van der Waals surface area contributed by atoms with Crippen molar-refractivity contribution in [1.29, 1.82) is 0 Å². The molecular formula is C78H170N10. The van der Waals surface area contributed by atoms with E-state index in [0.29, 0.717) is 24.2 Å². The lowest BCUT2D eigenvalue weighted by molar-refractivity contribution is 0.261. The number of nitrogens with two attached hydrogens (primary N) is 1. The topological polar surface area (TPSA) is 99.1 Å². The van der Waals surface area contributed by atoms with Crippen LogP contribution in [0.5, 0.6) is 0 Å². The fraction of sp³-hybridized carbons (Fsp3) is 0.846. The molecule has 0 radical (unpaired) electrons. The normalized spacial score (nSPS) is 10.3. The molecule has 0 amide bonds. The third-order valence-electron chi connectivity index (χ3n) is 13.6. The van der Waals surface area contributed by atoms with E-state index in [-0.39, 0.29) is 0 Å². The molecule has 0 heterocycles. The molecule has 0 fully saturated rings.